The number of hydrogen-bond donors (Lipinski definition) is 1. The van der Waals surface area contributed by atoms with E-state index >= 15 is 0 Å². The van der Waals surface area contributed by atoms with Crippen LogP contribution in [0.3, 0.4) is 0 Å². The Kier molecular flexibility index (Phi) is 8.10. The molecule has 3 aliphatic heterocycles. The average Bonchev–Trinajstić information content (AvgIpc) is 3.58. The van der Waals surface area contributed by atoms with Crippen molar-refractivity contribution in [2.24, 2.45) is 12.5 Å². The molecule has 7 heterocycles. The van der Waals surface area contributed by atoms with Crippen LogP contribution in [0.5, 0.6) is 0 Å². The van der Waals surface area contributed by atoms with Crippen LogP contribution in [-0.2, 0) is 31.2 Å². The fourth-order valence-corrected chi connectivity index (χ4v) is 8.21. The lowest BCUT2D eigenvalue weighted by atomic mass is 9.90. The summed E-state index contributed by atoms with van der Waals surface area (Å²) in [6.07, 6.45) is 8.85. The molecule has 260 valence electrons. The molecule has 4 aliphatic rings. The van der Waals surface area contributed by atoms with Crippen LogP contribution in [-0.4, -0.2) is 87.7 Å². The first-order valence-electron chi connectivity index (χ1n) is 17.6. The fourth-order valence-electron chi connectivity index (χ4n) is 8.21. The second kappa shape index (κ2) is 12.5. The number of ether oxygens (including phenoxy) is 1. The molecule has 0 unspecified atom stereocenters. The van der Waals surface area contributed by atoms with Crippen LogP contribution in [0.4, 0.5) is 23.0 Å². The first-order valence-corrected chi connectivity index (χ1v) is 17.6. The SMILES string of the molecule is CC[C@H]1CN(C2COC2)CCN1c1ccc(Nc2cc(-c3ccnc(N4CCn5c(cc6c5CC(C)(C)C6)C4=O)c3C=O)cn(C)c2=O)nc1. The second-order valence-corrected chi connectivity index (χ2v) is 14.9. The van der Waals surface area contributed by atoms with Gasteiger partial charge >= 0.3 is 0 Å². The third-order valence-corrected chi connectivity index (χ3v) is 10.9. The molecular formula is C38H44N8O4. The molecule has 1 aliphatic carbocycles. The highest BCUT2D eigenvalue weighted by Crippen LogP contribution is 2.40. The smallest absolute Gasteiger partial charge is 0.276 e. The number of aromatic nitrogens is 4. The van der Waals surface area contributed by atoms with E-state index in [4.69, 9.17) is 4.74 Å². The number of aryl methyl sites for hydroxylation is 1. The summed E-state index contributed by atoms with van der Waals surface area (Å²) in [5.41, 5.74) is 6.00. The van der Waals surface area contributed by atoms with Crippen molar-refractivity contribution in [2.75, 3.05) is 54.5 Å². The maximum Gasteiger partial charge on any atom is 0.276 e. The molecule has 1 amide bonds. The summed E-state index contributed by atoms with van der Waals surface area (Å²) >= 11 is 0. The molecule has 50 heavy (non-hydrogen) atoms. The number of carbonyl (C=O) groups is 2. The van der Waals surface area contributed by atoms with Gasteiger partial charge in [-0.15, -0.1) is 0 Å². The molecule has 0 saturated carbocycles. The normalized spacial score (nSPS) is 20.4. The second-order valence-electron chi connectivity index (χ2n) is 14.9. The van der Waals surface area contributed by atoms with Gasteiger partial charge in [-0.2, -0.15) is 0 Å². The molecule has 0 spiro atoms. The summed E-state index contributed by atoms with van der Waals surface area (Å²) in [6, 6.07) is 10.4. The van der Waals surface area contributed by atoms with E-state index in [0.29, 0.717) is 64.9 Å². The summed E-state index contributed by atoms with van der Waals surface area (Å²) in [7, 11) is 1.68. The molecule has 8 rings (SSSR count). The Labute approximate surface area is 291 Å². The lowest BCUT2D eigenvalue weighted by Gasteiger charge is -2.47. The molecule has 0 aromatic carbocycles. The molecule has 0 radical (unpaired) electrons. The summed E-state index contributed by atoms with van der Waals surface area (Å²) in [6.45, 7) is 12.4. The molecule has 0 bridgehead atoms. The molecule has 4 aromatic heterocycles. The maximum absolute atomic E-state index is 13.8. The van der Waals surface area contributed by atoms with E-state index in [2.05, 4.69) is 56.5 Å². The number of amides is 1. The van der Waals surface area contributed by atoms with Crippen molar-refractivity contribution in [1.29, 1.82) is 0 Å². The fraction of sp³-hybridized carbons (Fsp3) is 0.447. The van der Waals surface area contributed by atoms with Gasteiger partial charge in [0.25, 0.3) is 11.5 Å². The maximum atomic E-state index is 13.8. The van der Waals surface area contributed by atoms with Crippen LogP contribution in [0.25, 0.3) is 11.1 Å². The van der Waals surface area contributed by atoms with Crippen LogP contribution in [0.2, 0.25) is 0 Å². The van der Waals surface area contributed by atoms with Crippen molar-refractivity contribution in [2.45, 2.75) is 58.7 Å². The molecule has 12 heteroatoms. The van der Waals surface area contributed by atoms with Gasteiger partial charge in [-0.3, -0.25) is 24.2 Å². The highest BCUT2D eigenvalue weighted by Gasteiger charge is 2.38. The Morgan fingerprint density at radius 2 is 1.88 bits per heavy atom. The first-order chi connectivity index (χ1) is 24.1. The highest BCUT2D eigenvalue weighted by molar-refractivity contribution is 6.08. The third-order valence-electron chi connectivity index (χ3n) is 10.9. The van der Waals surface area contributed by atoms with Crippen molar-refractivity contribution in [3.05, 3.63) is 81.8 Å². The number of pyridine rings is 3. The van der Waals surface area contributed by atoms with Gasteiger partial charge in [0.15, 0.2) is 6.29 Å². The van der Waals surface area contributed by atoms with E-state index in [9.17, 15) is 14.4 Å². The Balaban J connectivity index is 1.04. The Morgan fingerprint density at radius 3 is 2.60 bits per heavy atom. The summed E-state index contributed by atoms with van der Waals surface area (Å²) < 4.78 is 9.05. The van der Waals surface area contributed by atoms with Gasteiger partial charge in [-0.1, -0.05) is 20.8 Å². The van der Waals surface area contributed by atoms with Gasteiger partial charge in [-0.05, 0) is 66.1 Å². The van der Waals surface area contributed by atoms with Gasteiger partial charge in [-0.25, -0.2) is 9.97 Å². The quantitative estimate of drug-likeness (QED) is 0.273. The Hall–Kier alpha value is -4.81. The van der Waals surface area contributed by atoms with E-state index in [1.54, 1.807) is 36.5 Å². The van der Waals surface area contributed by atoms with Crippen molar-refractivity contribution in [1.82, 2.24) is 24.0 Å². The zero-order valence-corrected chi connectivity index (χ0v) is 29.2. The van der Waals surface area contributed by atoms with Crippen LogP contribution < -0.4 is 20.7 Å². The molecular weight excluding hydrogens is 632 g/mol. The van der Waals surface area contributed by atoms with Gasteiger partial charge < -0.3 is 24.1 Å². The van der Waals surface area contributed by atoms with Crippen LogP contribution in [0.15, 0.2) is 53.7 Å². The molecule has 1 atom stereocenters. The number of piperazine rings is 1. The minimum atomic E-state index is -0.230. The summed E-state index contributed by atoms with van der Waals surface area (Å²) in [5, 5.41) is 3.22. The van der Waals surface area contributed by atoms with Gasteiger partial charge in [0.1, 0.15) is 23.0 Å². The third kappa shape index (κ3) is 5.60. The minimum absolute atomic E-state index is 0.159. The van der Waals surface area contributed by atoms with Crippen molar-refractivity contribution >= 4 is 35.2 Å². The number of fused-ring (bicyclic) bond motifs is 3. The Morgan fingerprint density at radius 1 is 1.04 bits per heavy atom. The molecule has 4 aromatic rings. The lowest BCUT2D eigenvalue weighted by molar-refractivity contribution is -0.0698. The lowest BCUT2D eigenvalue weighted by Crippen LogP contribution is -2.60. The van der Waals surface area contributed by atoms with E-state index in [-0.39, 0.29) is 16.9 Å². The number of carbonyl (C=O) groups excluding carboxylic acids is 2. The molecule has 2 fully saturated rings. The van der Waals surface area contributed by atoms with Crippen molar-refractivity contribution in [3.63, 3.8) is 0 Å². The van der Waals surface area contributed by atoms with Crippen LogP contribution in [0, 0.1) is 5.41 Å². The van der Waals surface area contributed by atoms with Crippen LogP contribution >= 0.6 is 0 Å². The number of aldehydes is 1. The Bertz CT molecular complexity index is 2030. The summed E-state index contributed by atoms with van der Waals surface area (Å²) in [5.74, 6) is 0.710. The van der Waals surface area contributed by atoms with E-state index in [1.807, 2.05) is 18.3 Å². The van der Waals surface area contributed by atoms with Crippen molar-refractivity contribution < 1.29 is 14.3 Å². The topological polar surface area (TPSA) is 118 Å². The standard InChI is InChI=1S/C38H44N8O4/c1-5-26-20-43(28-22-50-23-28)10-11-44(26)27-6-7-34(40-18-27)41-31-14-25(19-42(4)36(31)48)29-8-9-39-35(30(29)21-47)46-13-12-45-32(37(46)49)15-24-16-38(2,3)17-33(24)45/h6-9,14-15,18-19,21,26,28H,5,10-13,16-17,20,22-23H2,1-4H3,(H,40,41)/t26-/m0/s1. The monoisotopic (exact) mass is 676 g/mol. The van der Waals surface area contributed by atoms with Crippen molar-refractivity contribution in [3.8, 4) is 11.1 Å². The predicted molar refractivity (Wildman–Crippen MR) is 193 cm³/mol. The predicted octanol–water partition coefficient (Wildman–Crippen LogP) is 4.28. The zero-order valence-electron chi connectivity index (χ0n) is 29.2. The number of nitrogens with one attached hydrogen (secondary N) is 1. The van der Waals surface area contributed by atoms with E-state index in [1.165, 1.54) is 15.8 Å². The number of rotatable bonds is 8. The summed E-state index contributed by atoms with van der Waals surface area (Å²) in [4.78, 5) is 55.7. The number of anilines is 4. The van der Waals surface area contributed by atoms with Crippen LogP contribution in [0.1, 0.15) is 59.3 Å². The number of hydrogen-bond acceptors (Lipinski definition) is 9. The average molecular weight is 677 g/mol. The minimum Gasteiger partial charge on any atom is -0.378 e. The van der Waals surface area contributed by atoms with E-state index in [0.717, 1.165) is 64.1 Å². The van der Waals surface area contributed by atoms with Gasteiger partial charge in [0.05, 0.1) is 36.7 Å². The number of nitrogens with zero attached hydrogens (tertiary/aromatic N) is 7. The first kappa shape index (κ1) is 32.4. The largest absolute Gasteiger partial charge is 0.378 e. The zero-order chi connectivity index (χ0) is 34.7. The van der Waals surface area contributed by atoms with Gasteiger partial charge in [0, 0.05) is 69.5 Å². The molecule has 12 nitrogen and oxygen atoms in total. The van der Waals surface area contributed by atoms with E-state index < -0.39 is 0 Å². The van der Waals surface area contributed by atoms with Gasteiger partial charge in [0.2, 0.25) is 0 Å². The molecule has 2 saturated heterocycles. The molecule has 1 N–H and O–H groups in total. The highest BCUT2D eigenvalue weighted by atomic mass is 16.5.